The van der Waals surface area contributed by atoms with Crippen LogP contribution in [0.5, 0.6) is 0 Å². The minimum atomic E-state index is -0.128. The van der Waals surface area contributed by atoms with Gasteiger partial charge in [0.05, 0.1) is 5.01 Å². The Labute approximate surface area is 133 Å². The molecule has 0 unspecified atom stereocenters. The molecule has 3 aromatic rings. The third kappa shape index (κ3) is 3.33. The van der Waals surface area contributed by atoms with E-state index in [0.717, 1.165) is 34.8 Å². The van der Waals surface area contributed by atoms with E-state index in [1.165, 1.54) is 0 Å². The highest BCUT2D eigenvalue weighted by molar-refractivity contribution is 7.09. The summed E-state index contributed by atoms with van der Waals surface area (Å²) in [5.74, 6) is -0.128. The van der Waals surface area contributed by atoms with Crippen LogP contribution in [0.15, 0.2) is 29.9 Å². The molecule has 3 aromatic heterocycles. The van der Waals surface area contributed by atoms with Crippen LogP contribution in [0.25, 0.3) is 5.65 Å². The van der Waals surface area contributed by atoms with Gasteiger partial charge in [0.25, 0.3) is 5.91 Å². The van der Waals surface area contributed by atoms with Gasteiger partial charge < -0.3 is 9.72 Å². The maximum atomic E-state index is 12.1. The zero-order valence-electron chi connectivity index (χ0n) is 12.7. The molecule has 6 heteroatoms. The molecule has 0 saturated carbocycles. The second kappa shape index (κ2) is 6.27. The van der Waals surface area contributed by atoms with Crippen LogP contribution in [0, 0.1) is 13.8 Å². The van der Waals surface area contributed by atoms with Gasteiger partial charge in [0.15, 0.2) is 0 Å². The average Bonchev–Trinajstić information content (AvgIpc) is 3.09. The third-order valence-corrected chi connectivity index (χ3v) is 4.38. The second-order valence-electron chi connectivity index (χ2n) is 5.34. The van der Waals surface area contributed by atoms with E-state index in [-0.39, 0.29) is 5.91 Å². The molecule has 3 rings (SSSR count). The van der Waals surface area contributed by atoms with Crippen molar-refractivity contribution in [1.82, 2.24) is 19.7 Å². The molecule has 0 aromatic carbocycles. The highest BCUT2D eigenvalue weighted by Gasteiger charge is 2.10. The summed E-state index contributed by atoms with van der Waals surface area (Å²) < 4.78 is 1.88. The minimum absolute atomic E-state index is 0.128. The summed E-state index contributed by atoms with van der Waals surface area (Å²) in [5, 5.41) is 6.08. The number of aryl methyl sites for hydroxylation is 3. The first-order valence-corrected chi connectivity index (χ1v) is 8.14. The topological polar surface area (TPSA) is 59.3 Å². The summed E-state index contributed by atoms with van der Waals surface area (Å²) in [4.78, 5) is 20.9. The summed E-state index contributed by atoms with van der Waals surface area (Å²) >= 11 is 1.67. The van der Waals surface area contributed by atoms with Crippen LogP contribution in [0.1, 0.15) is 33.2 Å². The molecular weight excluding hydrogens is 296 g/mol. The Balaban J connectivity index is 1.54. The van der Waals surface area contributed by atoms with Gasteiger partial charge in [-0.25, -0.2) is 9.97 Å². The van der Waals surface area contributed by atoms with Gasteiger partial charge in [-0.05, 0) is 31.9 Å². The number of imidazole rings is 1. The monoisotopic (exact) mass is 314 g/mol. The van der Waals surface area contributed by atoms with E-state index in [1.54, 1.807) is 17.5 Å². The lowest BCUT2D eigenvalue weighted by Crippen LogP contribution is -2.25. The van der Waals surface area contributed by atoms with Crippen molar-refractivity contribution in [2.75, 3.05) is 6.54 Å². The Hall–Kier alpha value is -2.21. The number of thiazole rings is 1. The molecule has 5 nitrogen and oxygen atoms in total. The van der Waals surface area contributed by atoms with Crippen LogP contribution in [0.2, 0.25) is 0 Å². The zero-order valence-corrected chi connectivity index (χ0v) is 13.5. The van der Waals surface area contributed by atoms with Crippen molar-refractivity contribution in [3.8, 4) is 0 Å². The normalized spacial score (nSPS) is 11.0. The van der Waals surface area contributed by atoms with Crippen LogP contribution in [-0.2, 0) is 6.42 Å². The van der Waals surface area contributed by atoms with Crippen LogP contribution < -0.4 is 5.32 Å². The van der Waals surface area contributed by atoms with E-state index < -0.39 is 0 Å². The van der Waals surface area contributed by atoms with Crippen LogP contribution in [0.4, 0.5) is 0 Å². The molecule has 114 valence electrons. The molecule has 0 fully saturated rings. The largest absolute Gasteiger partial charge is 0.351 e. The van der Waals surface area contributed by atoms with Gasteiger partial charge in [-0.2, -0.15) is 0 Å². The number of carbonyl (C=O) groups is 1. The van der Waals surface area contributed by atoms with Gasteiger partial charge in [-0.15, -0.1) is 11.3 Å². The van der Waals surface area contributed by atoms with Gasteiger partial charge in [-0.1, -0.05) is 6.07 Å². The van der Waals surface area contributed by atoms with E-state index >= 15 is 0 Å². The van der Waals surface area contributed by atoms with Gasteiger partial charge in [-0.3, -0.25) is 4.79 Å². The van der Waals surface area contributed by atoms with Crippen molar-refractivity contribution in [3.05, 3.63) is 51.9 Å². The Kier molecular flexibility index (Phi) is 4.20. The standard InChI is InChI=1S/C16H18N4OS/c1-11-5-6-14-19-13(9-20(14)8-11)16(21)17-7-3-4-15-18-12(2)10-22-15/h5-6,8-10H,3-4,7H2,1-2H3,(H,17,21). The molecule has 0 spiro atoms. The second-order valence-corrected chi connectivity index (χ2v) is 6.28. The SMILES string of the molecule is Cc1ccc2nc(C(=O)NCCCc3nc(C)cs3)cn2c1. The number of nitrogens with one attached hydrogen (secondary N) is 1. The highest BCUT2D eigenvalue weighted by atomic mass is 32.1. The maximum Gasteiger partial charge on any atom is 0.271 e. The highest BCUT2D eigenvalue weighted by Crippen LogP contribution is 2.10. The molecule has 0 aliphatic carbocycles. The Morgan fingerprint density at radius 2 is 2.14 bits per heavy atom. The van der Waals surface area contributed by atoms with E-state index in [4.69, 9.17) is 0 Å². The number of aromatic nitrogens is 3. The fraction of sp³-hybridized carbons (Fsp3) is 0.312. The molecule has 1 amide bonds. The van der Waals surface area contributed by atoms with Crippen molar-refractivity contribution >= 4 is 22.9 Å². The zero-order chi connectivity index (χ0) is 15.5. The fourth-order valence-corrected chi connectivity index (χ4v) is 3.08. The van der Waals surface area contributed by atoms with Crippen molar-refractivity contribution in [2.45, 2.75) is 26.7 Å². The van der Waals surface area contributed by atoms with Gasteiger partial charge in [0, 0.05) is 36.4 Å². The number of carbonyl (C=O) groups excluding carboxylic acids is 1. The summed E-state index contributed by atoms with van der Waals surface area (Å²) in [7, 11) is 0. The molecule has 0 atom stereocenters. The number of fused-ring (bicyclic) bond motifs is 1. The lowest BCUT2D eigenvalue weighted by Gasteiger charge is -2.01. The molecule has 0 bridgehead atoms. The van der Waals surface area contributed by atoms with Crippen molar-refractivity contribution in [1.29, 1.82) is 0 Å². The lowest BCUT2D eigenvalue weighted by atomic mass is 10.3. The van der Waals surface area contributed by atoms with E-state index in [9.17, 15) is 4.79 Å². The summed E-state index contributed by atoms with van der Waals surface area (Å²) in [5.41, 5.74) is 3.43. The van der Waals surface area contributed by atoms with Gasteiger partial charge in [0.1, 0.15) is 11.3 Å². The van der Waals surface area contributed by atoms with Crippen LogP contribution >= 0.6 is 11.3 Å². The number of hydrogen-bond acceptors (Lipinski definition) is 4. The molecule has 3 heterocycles. The van der Waals surface area contributed by atoms with E-state index in [0.29, 0.717) is 12.2 Å². The number of rotatable bonds is 5. The van der Waals surface area contributed by atoms with E-state index in [2.05, 4.69) is 15.3 Å². The first kappa shape index (κ1) is 14.7. The van der Waals surface area contributed by atoms with Gasteiger partial charge in [0.2, 0.25) is 0 Å². The summed E-state index contributed by atoms with van der Waals surface area (Å²) in [6, 6.07) is 3.90. The molecule has 0 radical (unpaired) electrons. The van der Waals surface area contributed by atoms with Crippen LogP contribution in [0.3, 0.4) is 0 Å². The Morgan fingerprint density at radius 1 is 1.27 bits per heavy atom. The molecule has 0 aliphatic rings. The predicted octanol–water partition coefficient (Wildman–Crippen LogP) is 2.77. The lowest BCUT2D eigenvalue weighted by molar-refractivity contribution is 0.0949. The molecule has 0 saturated heterocycles. The van der Waals surface area contributed by atoms with Crippen molar-refractivity contribution in [2.24, 2.45) is 0 Å². The van der Waals surface area contributed by atoms with Gasteiger partial charge >= 0.3 is 0 Å². The third-order valence-electron chi connectivity index (χ3n) is 3.35. The summed E-state index contributed by atoms with van der Waals surface area (Å²) in [6.45, 7) is 4.64. The molecule has 22 heavy (non-hydrogen) atoms. The first-order chi connectivity index (χ1) is 10.6. The quantitative estimate of drug-likeness (QED) is 0.737. The Bertz CT molecular complexity index is 805. The molecule has 1 N–H and O–H groups in total. The summed E-state index contributed by atoms with van der Waals surface area (Å²) in [6.07, 6.45) is 5.50. The number of pyridine rings is 1. The number of amides is 1. The number of hydrogen-bond donors (Lipinski definition) is 1. The van der Waals surface area contributed by atoms with E-state index in [1.807, 2.05) is 42.0 Å². The Morgan fingerprint density at radius 3 is 2.91 bits per heavy atom. The predicted molar refractivity (Wildman–Crippen MR) is 87.4 cm³/mol. The maximum absolute atomic E-state index is 12.1. The average molecular weight is 314 g/mol. The van der Waals surface area contributed by atoms with Crippen molar-refractivity contribution < 1.29 is 4.79 Å². The fourth-order valence-electron chi connectivity index (χ4n) is 2.26. The smallest absolute Gasteiger partial charge is 0.271 e. The van der Waals surface area contributed by atoms with Crippen molar-refractivity contribution in [3.63, 3.8) is 0 Å². The molecule has 0 aliphatic heterocycles. The molecular formula is C16H18N4OS. The van der Waals surface area contributed by atoms with Crippen LogP contribution in [-0.4, -0.2) is 26.8 Å². The first-order valence-electron chi connectivity index (χ1n) is 7.26. The minimum Gasteiger partial charge on any atom is -0.351 e. The number of nitrogens with zero attached hydrogens (tertiary/aromatic N) is 3.